The average Bonchev–Trinajstić information content (AvgIpc) is 2.27. The van der Waals surface area contributed by atoms with Crippen LogP contribution < -0.4 is 10.1 Å². The highest BCUT2D eigenvalue weighted by molar-refractivity contribution is 6.17. The minimum atomic E-state index is 0.591. The van der Waals surface area contributed by atoms with Crippen molar-refractivity contribution in [2.75, 3.05) is 24.3 Å². The van der Waals surface area contributed by atoms with Gasteiger partial charge in [-0.2, -0.15) is 4.98 Å². The van der Waals surface area contributed by atoms with Gasteiger partial charge in [0.25, 0.3) is 0 Å². The van der Waals surface area contributed by atoms with Crippen LogP contribution in [-0.4, -0.2) is 29.0 Å². The smallest absolute Gasteiger partial charge is 0.225 e. The molecule has 1 aromatic rings. The quantitative estimate of drug-likeness (QED) is 0.576. The highest BCUT2D eigenvalue weighted by Gasteiger charge is 1.98. The summed E-state index contributed by atoms with van der Waals surface area (Å²) < 4.78 is 5.38. The summed E-state index contributed by atoms with van der Waals surface area (Å²) in [6.07, 6.45) is 3.55. The lowest BCUT2D eigenvalue weighted by Gasteiger charge is -2.06. The lowest BCUT2D eigenvalue weighted by molar-refractivity contribution is 0.305. The van der Waals surface area contributed by atoms with E-state index in [1.807, 2.05) is 0 Å². The molecule has 5 heteroatoms. The van der Waals surface area contributed by atoms with Crippen molar-refractivity contribution in [2.24, 2.45) is 0 Å². The number of anilines is 1. The first kappa shape index (κ1) is 12.0. The summed E-state index contributed by atoms with van der Waals surface area (Å²) in [6.45, 7) is 3.51. The minimum absolute atomic E-state index is 0.591. The van der Waals surface area contributed by atoms with Crippen LogP contribution in [-0.2, 0) is 0 Å². The fraction of sp³-hybridized carbons (Fsp3) is 0.600. The second-order valence-corrected chi connectivity index (χ2v) is 3.41. The number of halogens is 1. The predicted octanol–water partition coefficient (Wildman–Crippen LogP) is 2.31. The predicted molar refractivity (Wildman–Crippen MR) is 61.6 cm³/mol. The summed E-state index contributed by atoms with van der Waals surface area (Å²) in [4.78, 5) is 8.27. The van der Waals surface area contributed by atoms with Gasteiger partial charge in [0, 0.05) is 24.7 Å². The van der Waals surface area contributed by atoms with Crippen LogP contribution in [0.15, 0.2) is 12.3 Å². The van der Waals surface area contributed by atoms with E-state index in [-0.39, 0.29) is 0 Å². The van der Waals surface area contributed by atoms with Crippen LogP contribution in [0, 0.1) is 0 Å². The van der Waals surface area contributed by atoms with E-state index in [1.165, 1.54) is 0 Å². The molecule has 4 nitrogen and oxygen atoms in total. The fourth-order valence-electron chi connectivity index (χ4n) is 0.981. The van der Waals surface area contributed by atoms with Gasteiger partial charge in [0.15, 0.2) is 0 Å². The second kappa shape index (κ2) is 7.29. The average molecular weight is 230 g/mol. The minimum Gasteiger partial charge on any atom is -0.478 e. The van der Waals surface area contributed by atoms with Crippen molar-refractivity contribution in [2.45, 2.75) is 19.8 Å². The molecule has 0 spiro atoms. The first-order valence-corrected chi connectivity index (χ1v) is 5.66. The molecule has 0 atom stereocenters. The van der Waals surface area contributed by atoms with Crippen LogP contribution in [0.5, 0.6) is 5.88 Å². The summed E-state index contributed by atoms with van der Waals surface area (Å²) in [6, 6.07) is 1.75. The van der Waals surface area contributed by atoms with E-state index in [9.17, 15) is 0 Å². The van der Waals surface area contributed by atoms with Crippen molar-refractivity contribution in [3.8, 4) is 5.88 Å². The Morgan fingerprint density at radius 3 is 3.13 bits per heavy atom. The van der Waals surface area contributed by atoms with Crippen molar-refractivity contribution < 1.29 is 4.74 Å². The third kappa shape index (κ3) is 4.83. The number of ether oxygens (including phenoxy) is 1. The normalized spacial score (nSPS) is 10.0. The molecular formula is C10H16ClN3O. The van der Waals surface area contributed by atoms with Gasteiger partial charge in [-0.1, -0.05) is 6.92 Å². The number of alkyl halides is 1. The molecule has 0 amide bonds. The van der Waals surface area contributed by atoms with Gasteiger partial charge >= 0.3 is 0 Å². The lowest BCUT2D eigenvalue weighted by Crippen LogP contribution is -2.07. The Hall–Kier alpha value is -1.03. The van der Waals surface area contributed by atoms with E-state index in [4.69, 9.17) is 16.3 Å². The number of nitrogens with one attached hydrogen (secondary N) is 1. The van der Waals surface area contributed by atoms with Crippen LogP contribution in [0.1, 0.15) is 19.8 Å². The van der Waals surface area contributed by atoms with Crippen molar-refractivity contribution in [1.82, 2.24) is 9.97 Å². The van der Waals surface area contributed by atoms with Gasteiger partial charge in [-0.25, -0.2) is 4.98 Å². The Balaban J connectivity index is 2.42. The highest BCUT2D eigenvalue weighted by Crippen LogP contribution is 2.08. The van der Waals surface area contributed by atoms with Gasteiger partial charge < -0.3 is 10.1 Å². The van der Waals surface area contributed by atoms with Crippen LogP contribution in [0.25, 0.3) is 0 Å². The maximum Gasteiger partial charge on any atom is 0.225 e. The largest absolute Gasteiger partial charge is 0.478 e. The number of aromatic nitrogens is 2. The van der Waals surface area contributed by atoms with E-state index >= 15 is 0 Å². The summed E-state index contributed by atoms with van der Waals surface area (Å²) in [5, 5.41) is 3.08. The number of hydrogen-bond acceptors (Lipinski definition) is 4. The molecule has 0 saturated heterocycles. The Morgan fingerprint density at radius 2 is 2.40 bits per heavy atom. The van der Waals surface area contributed by atoms with Crippen LogP contribution in [0.3, 0.4) is 0 Å². The first-order valence-electron chi connectivity index (χ1n) is 5.12. The number of nitrogens with zero attached hydrogens (tertiary/aromatic N) is 2. The van der Waals surface area contributed by atoms with Gasteiger partial charge in [-0.3, -0.25) is 0 Å². The molecule has 0 saturated carbocycles. The molecule has 84 valence electrons. The monoisotopic (exact) mass is 229 g/mol. The third-order valence-electron chi connectivity index (χ3n) is 1.68. The lowest BCUT2D eigenvalue weighted by atomic mass is 10.5. The molecule has 0 unspecified atom stereocenters. The van der Waals surface area contributed by atoms with Gasteiger partial charge in [-0.05, 0) is 12.8 Å². The van der Waals surface area contributed by atoms with Gasteiger partial charge in [-0.15, -0.1) is 11.6 Å². The molecule has 0 fully saturated rings. The zero-order chi connectivity index (χ0) is 10.9. The van der Waals surface area contributed by atoms with E-state index in [1.54, 1.807) is 12.3 Å². The molecule has 0 radical (unpaired) electrons. The molecule has 1 N–H and O–H groups in total. The standard InChI is InChI=1S/C10H16ClN3O/c1-2-8-15-9-4-7-13-10(14-9)12-6-3-5-11/h4,7H,2-3,5-6,8H2,1H3,(H,12,13,14). The zero-order valence-electron chi connectivity index (χ0n) is 8.87. The van der Waals surface area contributed by atoms with Crippen molar-refractivity contribution in [3.63, 3.8) is 0 Å². The topological polar surface area (TPSA) is 47.0 Å². The third-order valence-corrected chi connectivity index (χ3v) is 1.94. The summed E-state index contributed by atoms with van der Waals surface area (Å²) in [5.41, 5.74) is 0. The van der Waals surface area contributed by atoms with E-state index in [0.717, 1.165) is 19.4 Å². The molecule has 0 aliphatic rings. The zero-order valence-corrected chi connectivity index (χ0v) is 9.63. The molecule has 0 bridgehead atoms. The van der Waals surface area contributed by atoms with E-state index < -0.39 is 0 Å². The summed E-state index contributed by atoms with van der Waals surface area (Å²) in [7, 11) is 0. The second-order valence-electron chi connectivity index (χ2n) is 3.04. The van der Waals surface area contributed by atoms with Gasteiger partial charge in [0.2, 0.25) is 11.8 Å². The molecule has 0 aliphatic heterocycles. The van der Waals surface area contributed by atoms with E-state index in [2.05, 4.69) is 22.2 Å². The SMILES string of the molecule is CCCOc1ccnc(NCCCCl)n1. The molecule has 0 aliphatic carbocycles. The van der Waals surface area contributed by atoms with Crippen LogP contribution >= 0.6 is 11.6 Å². The Bertz CT molecular complexity index is 283. The molecule has 15 heavy (non-hydrogen) atoms. The molecule has 1 rings (SSSR count). The van der Waals surface area contributed by atoms with Crippen molar-refractivity contribution in [1.29, 1.82) is 0 Å². The summed E-state index contributed by atoms with van der Waals surface area (Å²) >= 11 is 5.56. The highest BCUT2D eigenvalue weighted by atomic mass is 35.5. The molecular weight excluding hydrogens is 214 g/mol. The molecule has 1 heterocycles. The number of rotatable bonds is 7. The Morgan fingerprint density at radius 1 is 1.53 bits per heavy atom. The van der Waals surface area contributed by atoms with Crippen molar-refractivity contribution >= 4 is 17.5 Å². The fourth-order valence-corrected chi connectivity index (χ4v) is 1.11. The summed E-state index contributed by atoms with van der Waals surface area (Å²) in [5.74, 6) is 1.84. The maximum atomic E-state index is 5.56. The molecule has 0 aromatic carbocycles. The van der Waals surface area contributed by atoms with Crippen molar-refractivity contribution in [3.05, 3.63) is 12.3 Å². The van der Waals surface area contributed by atoms with Gasteiger partial charge in [0.1, 0.15) is 0 Å². The van der Waals surface area contributed by atoms with Crippen LogP contribution in [0.4, 0.5) is 5.95 Å². The first-order chi connectivity index (χ1) is 7.36. The maximum absolute atomic E-state index is 5.56. The Kier molecular flexibility index (Phi) is 5.85. The van der Waals surface area contributed by atoms with Crippen LogP contribution in [0.2, 0.25) is 0 Å². The van der Waals surface area contributed by atoms with Gasteiger partial charge in [0.05, 0.1) is 6.61 Å². The van der Waals surface area contributed by atoms with E-state index in [0.29, 0.717) is 24.3 Å². The Labute approximate surface area is 95.0 Å². The molecule has 1 aromatic heterocycles. The number of hydrogen-bond donors (Lipinski definition) is 1.